The molecule has 192 valence electrons. The van der Waals surface area contributed by atoms with Gasteiger partial charge in [0.2, 0.25) is 0 Å². The van der Waals surface area contributed by atoms with E-state index in [0.717, 1.165) is 50.1 Å². The lowest BCUT2D eigenvalue weighted by molar-refractivity contribution is 0.465. The molecule has 4 aromatic carbocycles. The van der Waals surface area contributed by atoms with E-state index in [1.807, 2.05) is 41.5 Å². The van der Waals surface area contributed by atoms with Crippen LogP contribution in [0.4, 0.5) is 0 Å². The molecule has 0 aliphatic carbocycles. The average Bonchev–Trinajstić information content (AvgIpc) is 2.84. The fraction of sp³-hybridized carbons (Fsp3) is 0.294. The quantitative estimate of drug-likeness (QED) is 0.245. The summed E-state index contributed by atoms with van der Waals surface area (Å²) in [7, 11) is 0. The fourth-order valence-corrected chi connectivity index (χ4v) is 5.47. The molecule has 37 heavy (non-hydrogen) atoms. The van der Waals surface area contributed by atoms with Gasteiger partial charge >= 0.3 is 0 Å². The Kier molecular flexibility index (Phi) is 6.85. The molecule has 0 saturated heterocycles. The minimum Gasteiger partial charge on any atom is -0.507 e. The molecule has 0 radical (unpaired) electrons. The van der Waals surface area contributed by atoms with E-state index in [-0.39, 0.29) is 11.3 Å². The van der Waals surface area contributed by atoms with Gasteiger partial charge in [-0.1, -0.05) is 74.5 Å². The first-order valence-electron chi connectivity index (χ1n) is 12.8. The zero-order valence-electron chi connectivity index (χ0n) is 23.2. The van der Waals surface area contributed by atoms with Crippen LogP contribution in [0.15, 0.2) is 60.7 Å². The standard InChI is InChI=1S/C34H38O3/c1-19-13-26(14-20(2)31(19)35)30(27-15-21(3)32(36)22(4)16-27)25-9-11-28(12-10-25)34(7,8)29-17-23(5)33(37)24(6)18-29/h9-18,30,35-37H,1-8H3. The third-order valence-electron chi connectivity index (χ3n) is 7.87. The summed E-state index contributed by atoms with van der Waals surface area (Å²) in [5, 5.41) is 31.1. The summed E-state index contributed by atoms with van der Waals surface area (Å²) >= 11 is 0. The van der Waals surface area contributed by atoms with Crippen molar-refractivity contribution < 1.29 is 15.3 Å². The van der Waals surface area contributed by atoms with Gasteiger partial charge in [-0.25, -0.2) is 0 Å². The third-order valence-corrected chi connectivity index (χ3v) is 7.87. The minimum atomic E-state index is -0.241. The monoisotopic (exact) mass is 494 g/mol. The molecule has 0 amide bonds. The van der Waals surface area contributed by atoms with E-state index in [0.29, 0.717) is 17.2 Å². The summed E-state index contributed by atoms with van der Waals surface area (Å²) in [5.41, 5.74) is 10.6. The molecule has 0 heterocycles. The minimum absolute atomic E-state index is 0.0497. The van der Waals surface area contributed by atoms with Crippen LogP contribution in [0.3, 0.4) is 0 Å². The lowest BCUT2D eigenvalue weighted by Crippen LogP contribution is -2.19. The SMILES string of the molecule is Cc1cc(C(c2ccc(C(C)(C)c3cc(C)c(O)c(C)c3)cc2)c2cc(C)c(O)c(C)c2)cc(C)c1O. The first kappa shape index (κ1) is 26.3. The number of aryl methyl sites for hydroxylation is 6. The Hall–Kier alpha value is -3.72. The third kappa shape index (κ3) is 4.83. The Bertz CT molecular complexity index is 1350. The number of rotatable bonds is 5. The van der Waals surface area contributed by atoms with Gasteiger partial charge in [0.05, 0.1) is 0 Å². The molecule has 0 aliphatic heterocycles. The highest BCUT2D eigenvalue weighted by molar-refractivity contribution is 5.54. The van der Waals surface area contributed by atoms with Crippen LogP contribution in [0, 0.1) is 41.5 Å². The van der Waals surface area contributed by atoms with Crippen molar-refractivity contribution in [2.24, 2.45) is 0 Å². The molecule has 0 unspecified atom stereocenters. The summed E-state index contributed by atoms with van der Waals surface area (Å²) in [6.07, 6.45) is 0. The van der Waals surface area contributed by atoms with Crippen molar-refractivity contribution in [1.82, 2.24) is 0 Å². The summed E-state index contributed by atoms with van der Waals surface area (Å²) in [5.74, 6) is 0.970. The molecule has 3 nitrogen and oxygen atoms in total. The summed E-state index contributed by atoms with van der Waals surface area (Å²) in [6, 6.07) is 21.2. The number of benzene rings is 4. The maximum Gasteiger partial charge on any atom is 0.121 e. The molecule has 3 heteroatoms. The van der Waals surface area contributed by atoms with Gasteiger partial charge in [0.25, 0.3) is 0 Å². The summed E-state index contributed by atoms with van der Waals surface area (Å²) in [4.78, 5) is 0. The second-order valence-corrected chi connectivity index (χ2v) is 11.1. The van der Waals surface area contributed by atoms with Crippen LogP contribution < -0.4 is 0 Å². The average molecular weight is 495 g/mol. The molecule has 0 aliphatic rings. The van der Waals surface area contributed by atoms with Gasteiger partial charge in [0, 0.05) is 11.3 Å². The van der Waals surface area contributed by atoms with Crippen LogP contribution in [0.1, 0.15) is 81.0 Å². The first-order chi connectivity index (χ1) is 17.3. The van der Waals surface area contributed by atoms with Crippen LogP contribution in [0.5, 0.6) is 17.2 Å². The number of hydrogen-bond acceptors (Lipinski definition) is 3. The van der Waals surface area contributed by atoms with Gasteiger partial charge in [-0.15, -0.1) is 0 Å². The topological polar surface area (TPSA) is 60.7 Å². The van der Waals surface area contributed by atoms with Crippen molar-refractivity contribution in [3.05, 3.63) is 122 Å². The zero-order chi connectivity index (χ0) is 27.2. The molecular weight excluding hydrogens is 456 g/mol. The van der Waals surface area contributed by atoms with Gasteiger partial charge in [-0.05, 0) is 103 Å². The van der Waals surface area contributed by atoms with Crippen molar-refractivity contribution in [2.45, 2.75) is 66.7 Å². The van der Waals surface area contributed by atoms with Crippen molar-refractivity contribution in [3.8, 4) is 17.2 Å². The Morgan fingerprint density at radius 3 is 1.14 bits per heavy atom. The molecule has 0 spiro atoms. The van der Waals surface area contributed by atoms with E-state index in [9.17, 15) is 15.3 Å². The smallest absolute Gasteiger partial charge is 0.121 e. The highest BCUT2D eigenvalue weighted by Crippen LogP contribution is 2.40. The molecule has 0 aromatic heterocycles. The largest absolute Gasteiger partial charge is 0.507 e. The van der Waals surface area contributed by atoms with Crippen LogP contribution in [0.25, 0.3) is 0 Å². The van der Waals surface area contributed by atoms with Crippen molar-refractivity contribution in [3.63, 3.8) is 0 Å². The summed E-state index contributed by atoms with van der Waals surface area (Å²) in [6.45, 7) is 16.0. The van der Waals surface area contributed by atoms with E-state index in [2.05, 4.69) is 74.5 Å². The van der Waals surface area contributed by atoms with Crippen molar-refractivity contribution in [2.75, 3.05) is 0 Å². The normalized spacial score (nSPS) is 11.8. The molecule has 4 aromatic rings. The van der Waals surface area contributed by atoms with E-state index in [4.69, 9.17) is 0 Å². The zero-order valence-corrected chi connectivity index (χ0v) is 23.2. The molecule has 0 fully saturated rings. The lowest BCUT2D eigenvalue weighted by Gasteiger charge is -2.28. The Balaban J connectivity index is 1.84. The van der Waals surface area contributed by atoms with Crippen LogP contribution in [0.2, 0.25) is 0 Å². The Morgan fingerprint density at radius 2 is 0.784 bits per heavy atom. The molecule has 0 atom stereocenters. The summed E-state index contributed by atoms with van der Waals surface area (Å²) < 4.78 is 0. The van der Waals surface area contributed by atoms with Gasteiger partial charge in [-0.2, -0.15) is 0 Å². The molecule has 4 rings (SSSR count). The van der Waals surface area contributed by atoms with Crippen molar-refractivity contribution in [1.29, 1.82) is 0 Å². The van der Waals surface area contributed by atoms with Crippen LogP contribution >= 0.6 is 0 Å². The van der Waals surface area contributed by atoms with Crippen molar-refractivity contribution >= 4 is 0 Å². The Labute approximate surface area is 221 Å². The van der Waals surface area contributed by atoms with Crippen LogP contribution in [-0.2, 0) is 5.41 Å². The van der Waals surface area contributed by atoms with Gasteiger partial charge in [0.1, 0.15) is 17.2 Å². The molecule has 0 bridgehead atoms. The second-order valence-electron chi connectivity index (χ2n) is 11.1. The first-order valence-corrected chi connectivity index (χ1v) is 12.8. The van der Waals surface area contributed by atoms with Gasteiger partial charge in [-0.3, -0.25) is 0 Å². The van der Waals surface area contributed by atoms with Gasteiger partial charge < -0.3 is 15.3 Å². The maximum atomic E-state index is 10.4. The lowest BCUT2D eigenvalue weighted by atomic mass is 9.76. The second kappa shape index (κ2) is 9.63. The highest BCUT2D eigenvalue weighted by atomic mass is 16.3. The molecule has 0 saturated carbocycles. The molecule has 3 N–H and O–H groups in total. The maximum absolute atomic E-state index is 10.4. The highest BCUT2D eigenvalue weighted by Gasteiger charge is 2.26. The van der Waals surface area contributed by atoms with Crippen LogP contribution in [-0.4, -0.2) is 15.3 Å². The molecular formula is C34H38O3. The predicted octanol–water partition coefficient (Wildman–Crippen LogP) is 8.16. The van der Waals surface area contributed by atoms with E-state index in [1.165, 1.54) is 11.1 Å². The predicted molar refractivity (Wildman–Crippen MR) is 152 cm³/mol. The number of hydrogen-bond donors (Lipinski definition) is 3. The number of aromatic hydroxyl groups is 3. The number of phenolic OH excluding ortho intramolecular Hbond substituents is 3. The van der Waals surface area contributed by atoms with Gasteiger partial charge in [0.15, 0.2) is 0 Å². The van der Waals surface area contributed by atoms with E-state index >= 15 is 0 Å². The van der Waals surface area contributed by atoms with E-state index in [1.54, 1.807) is 0 Å². The van der Waals surface area contributed by atoms with E-state index < -0.39 is 0 Å². The fourth-order valence-electron chi connectivity index (χ4n) is 5.47. The Morgan fingerprint density at radius 1 is 0.459 bits per heavy atom. The number of phenols is 3.